The van der Waals surface area contributed by atoms with Crippen molar-refractivity contribution in [2.75, 3.05) is 28.4 Å². The number of carbonyl (C=O) groups excluding carboxylic acids is 4. The second kappa shape index (κ2) is 16.7. The Morgan fingerprint density at radius 2 is 0.685 bits per heavy atom. The van der Waals surface area contributed by atoms with Crippen LogP contribution in [0, 0.1) is 0 Å². The molecule has 4 aromatic rings. The van der Waals surface area contributed by atoms with E-state index in [2.05, 4.69) is 0 Å². The van der Waals surface area contributed by atoms with Gasteiger partial charge >= 0.3 is 0 Å². The molecule has 0 radical (unpaired) electrons. The van der Waals surface area contributed by atoms with Gasteiger partial charge in [0.15, 0.2) is 23.1 Å². The first-order chi connectivity index (χ1) is 25.3. The Labute approximate surface area is 308 Å². The van der Waals surface area contributed by atoms with Gasteiger partial charge in [0.2, 0.25) is 0 Å². The van der Waals surface area contributed by atoms with Crippen molar-refractivity contribution in [3.8, 4) is 69.0 Å². The third-order valence-electron chi connectivity index (χ3n) is 8.36. The van der Waals surface area contributed by atoms with Crippen LogP contribution in [0.25, 0.3) is 0 Å². The first-order valence-electron chi connectivity index (χ1n) is 15.8. The van der Waals surface area contributed by atoms with E-state index in [4.69, 9.17) is 18.9 Å². The number of ketones is 4. The lowest BCUT2D eigenvalue weighted by molar-refractivity contribution is 0.0998. The predicted molar refractivity (Wildman–Crippen MR) is 191 cm³/mol. The van der Waals surface area contributed by atoms with Crippen molar-refractivity contribution in [3.63, 3.8) is 0 Å². The number of benzene rings is 4. The molecule has 0 saturated carbocycles. The SMILES string of the molecule is COc1cc(O)c(Cc2c(O)cc(O)c(C(C)=O)c2OC)c(O)c1C(C)=O.COc1cc(O)c(Cc2c(O)cc(OC)c(C(C)=O)c2O)c(O)c1C(C)=O. The maximum atomic E-state index is 11.9. The second-order valence-corrected chi connectivity index (χ2v) is 11.8. The Hall–Kier alpha value is -6.84. The Bertz CT molecular complexity index is 2070. The van der Waals surface area contributed by atoms with E-state index >= 15 is 0 Å². The van der Waals surface area contributed by atoms with Gasteiger partial charge in [-0.2, -0.15) is 0 Å². The molecule has 16 nitrogen and oxygen atoms in total. The molecule has 0 saturated heterocycles. The fourth-order valence-corrected chi connectivity index (χ4v) is 5.81. The highest BCUT2D eigenvalue weighted by Crippen LogP contribution is 2.46. The number of hydrogen-bond acceptors (Lipinski definition) is 16. The van der Waals surface area contributed by atoms with Crippen LogP contribution in [0.4, 0.5) is 0 Å². The van der Waals surface area contributed by atoms with Crippen LogP contribution < -0.4 is 18.9 Å². The van der Waals surface area contributed by atoms with Crippen LogP contribution in [0.3, 0.4) is 0 Å². The average Bonchev–Trinajstić information content (AvgIpc) is 3.08. The van der Waals surface area contributed by atoms with Crippen LogP contribution in [-0.2, 0) is 12.8 Å². The monoisotopic (exact) mass is 752 g/mol. The quantitative estimate of drug-likeness (QED) is 0.0880. The molecule has 16 heteroatoms. The maximum Gasteiger partial charge on any atom is 0.167 e. The summed E-state index contributed by atoms with van der Waals surface area (Å²) in [5, 5.41) is 82.3. The van der Waals surface area contributed by atoms with Crippen molar-refractivity contribution in [1.29, 1.82) is 0 Å². The van der Waals surface area contributed by atoms with E-state index < -0.39 is 63.4 Å². The van der Waals surface area contributed by atoms with E-state index in [1.807, 2.05) is 0 Å². The summed E-state index contributed by atoms with van der Waals surface area (Å²) in [7, 11) is 5.09. The number of methoxy groups -OCH3 is 4. The molecule has 0 aromatic heterocycles. The van der Waals surface area contributed by atoms with Crippen LogP contribution in [0.5, 0.6) is 69.0 Å². The van der Waals surface area contributed by atoms with Crippen LogP contribution in [0.1, 0.15) is 91.4 Å². The van der Waals surface area contributed by atoms with Gasteiger partial charge in [0.05, 0.1) is 28.4 Å². The highest BCUT2D eigenvalue weighted by atomic mass is 16.5. The van der Waals surface area contributed by atoms with Crippen LogP contribution in [-0.4, -0.2) is 92.4 Å². The number of phenolic OH excluding ortho intramolecular Hbond substituents is 8. The topological polar surface area (TPSA) is 267 Å². The molecule has 4 rings (SSSR count). The minimum Gasteiger partial charge on any atom is -0.507 e. The van der Waals surface area contributed by atoms with E-state index in [9.17, 15) is 60.0 Å². The fourth-order valence-electron chi connectivity index (χ4n) is 5.81. The lowest BCUT2D eigenvalue weighted by Crippen LogP contribution is -2.05. The van der Waals surface area contributed by atoms with E-state index in [1.54, 1.807) is 0 Å². The van der Waals surface area contributed by atoms with E-state index in [0.717, 1.165) is 18.2 Å². The van der Waals surface area contributed by atoms with Gasteiger partial charge in [-0.3, -0.25) is 19.2 Å². The zero-order chi connectivity index (χ0) is 40.9. The first kappa shape index (κ1) is 41.6. The third kappa shape index (κ3) is 7.96. The molecule has 0 aliphatic rings. The maximum absolute atomic E-state index is 11.9. The van der Waals surface area contributed by atoms with Gasteiger partial charge in [-0.05, 0) is 27.7 Å². The lowest BCUT2D eigenvalue weighted by atomic mass is 9.94. The van der Waals surface area contributed by atoms with E-state index in [0.29, 0.717) is 0 Å². The summed E-state index contributed by atoms with van der Waals surface area (Å²) in [5.74, 6) is -5.81. The Kier molecular flexibility index (Phi) is 12.8. The molecule has 54 heavy (non-hydrogen) atoms. The minimum absolute atomic E-state index is 0.00688. The fraction of sp³-hybridized carbons (Fsp3) is 0.263. The van der Waals surface area contributed by atoms with Crippen molar-refractivity contribution in [3.05, 3.63) is 68.8 Å². The molecule has 0 atom stereocenters. The normalized spacial score (nSPS) is 10.5. The minimum atomic E-state index is -0.543. The number of phenols is 8. The molecule has 0 spiro atoms. The van der Waals surface area contributed by atoms with E-state index in [-0.39, 0.29) is 86.1 Å². The molecule has 4 aromatic carbocycles. The van der Waals surface area contributed by atoms with Crippen molar-refractivity contribution >= 4 is 23.1 Å². The summed E-state index contributed by atoms with van der Waals surface area (Å²) >= 11 is 0. The lowest BCUT2D eigenvalue weighted by Gasteiger charge is -2.18. The number of carbonyl (C=O) groups is 4. The zero-order valence-electron chi connectivity index (χ0n) is 30.6. The summed E-state index contributed by atoms with van der Waals surface area (Å²) in [6.45, 7) is 4.88. The number of ether oxygens (including phenoxy) is 4. The van der Waals surface area contributed by atoms with Crippen molar-refractivity contribution in [1.82, 2.24) is 0 Å². The van der Waals surface area contributed by atoms with Crippen LogP contribution >= 0.6 is 0 Å². The summed E-state index contributed by atoms with van der Waals surface area (Å²) in [5.41, 5.74) is -0.842. The number of hydrogen-bond donors (Lipinski definition) is 8. The zero-order valence-corrected chi connectivity index (χ0v) is 30.6. The molecule has 0 heterocycles. The third-order valence-corrected chi connectivity index (χ3v) is 8.36. The predicted octanol–water partition coefficient (Wildman–Crippen LogP) is 5.04. The first-order valence-corrected chi connectivity index (χ1v) is 15.8. The molecular formula is C38H40O16. The number of aromatic hydroxyl groups is 8. The summed E-state index contributed by atoms with van der Waals surface area (Å²) in [6, 6.07) is 4.43. The van der Waals surface area contributed by atoms with Gasteiger partial charge in [-0.1, -0.05) is 0 Å². The molecule has 0 unspecified atom stereocenters. The Morgan fingerprint density at radius 1 is 0.407 bits per heavy atom. The molecule has 0 bridgehead atoms. The Balaban J connectivity index is 0.000000290. The number of rotatable bonds is 12. The van der Waals surface area contributed by atoms with Gasteiger partial charge in [0.1, 0.15) is 91.2 Å². The smallest absolute Gasteiger partial charge is 0.167 e. The standard InChI is InChI=1S/2C19H20O8/c1-8(20)16-14(24)6-12(22)11(19(16)27-4)5-10-13(23)7-15(26-3)17(9(2)21)18(10)25;1-8(20)16-14(26-3)6-12(22)10(18(16)24)5-11-13(23)7-15(27-4)17(9(2)21)19(11)25/h2*6-7,22-25H,5H2,1-4H3. The van der Waals surface area contributed by atoms with Crippen molar-refractivity contribution in [2.45, 2.75) is 40.5 Å². The number of Topliss-reactive ketones (excluding diaryl/α,β-unsaturated/α-hetero) is 4. The van der Waals surface area contributed by atoms with Crippen LogP contribution in [0.2, 0.25) is 0 Å². The molecular weight excluding hydrogens is 712 g/mol. The molecule has 288 valence electrons. The highest BCUT2D eigenvalue weighted by molar-refractivity contribution is 6.03. The van der Waals surface area contributed by atoms with Gasteiger partial charge in [0, 0.05) is 59.4 Å². The molecule has 0 aliphatic heterocycles. The summed E-state index contributed by atoms with van der Waals surface area (Å²) in [6.07, 6.45) is -0.638. The average molecular weight is 753 g/mol. The molecule has 8 N–H and O–H groups in total. The highest BCUT2D eigenvalue weighted by Gasteiger charge is 2.28. The largest absolute Gasteiger partial charge is 0.507 e. The molecule has 0 amide bonds. The molecule has 0 fully saturated rings. The summed E-state index contributed by atoms with van der Waals surface area (Å²) < 4.78 is 20.2. The van der Waals surface area contributed by atoms with Gasteiger partial charge in [-0.25, -0.2) is 0 Å². The Morgan fingerprint density at radius 3 is 0.944 bits per heavy atom. The van der Waals surface area contributed by atoms with Crippen molar-refractivity contribution < 1.29 is 79.0 Å². The van der Waals surface area contributed by atoms with Gasteiger partial charge in [0.25, 0.3) is 0 Å². The van der Waals surface area contributed by atoms with Crippen molar-refractivity contribution in [2.24, 2.45) is 0 Å². The second-order valence-electron chi connectivity index (χ2n) is 11.8. The van der Waals surface area contributed by atoms with Gasteiger partial charge in [-0.15, -0.1) is 0 Å². The van der Waals surface area contributed by atoms with Crippen LogP contribution in [0.15, 0.2) is 24.3 Å². The summed E-state index contributed by atoms with van der Waals surface area (Å²) in [4.78, 5) is 47.4. The van der Waals surface area contributed by atoms with E-state index in [1.165, 1.54) is 62.2 Å². The van der Waals surface area contributed by atoms with Gasteiger partial charge < -0.3 is 59.8 Å². The molecule has 0 aliphatic carbocycles.